The molecular weight excluding hydrogens is 376 g/mol. The molecule has 156 valence electrons. The Hall–Kier alpha value is -2.61. The van der Waals surface area contributed by atoms with Crippen molar-refractivity contribution in [2.24, 2.45) is 0 Å². The van der Waals surface area contributed by atoms with E-state index in [1.54, 1.807) is 12.1 Å². The fourth-order valence-corrected chi connectivity index (χ4v) is 3.36. The van der Waals surface area contributed by atoms with Crippen molar-refractivity contribution in [1.82, 2.24) is 0 Å². The number of Topliss-reactive ketones (excluding diaryl/α,β-unsaturated/α-hetero) is 1. The number of benzene rings is 2. The second-order valence-electron chi connectivity index (χ2n) is 6.74. The smallest absolute Gasteiger partial charge is 0.203 e. The van der Waals surface area contributed by atoms with Gasteiger partial charge in [-0.05, 0) is 17.7 Å². The summed E-state index contributed by atoms with van der Waals surface area (Å²) in [6.07, 6.45) is -1.84. The van der Waals surface area contributed by atoms with Crippen molar-refractivity contribution in [2.75, 3.05) is 27.9 Å². The molecule has 0 aromatic heterocycles. The summed E-state index contributed by atoms with van der Waals surface area (Å²) < 4.78 is 27.4. The zero-order valence-electron chi connectivity index (χ0n) is 16.8. The molecule has 0 spiro atoms. The largest absolute Gasteiger partial charge is 0.493 e. The number of aliphatic hydroxyl groups excluding tert-OH is 1. The number of ether oxygens (including phenoxy) is 5. The quantitative estimate of drug-likeness (QED) is 0.646. The average molecular weight is 402 g/mol. The van der Waals surface area contributed by atoms with Crippen molar-refractivity contribution in [1.29, 1.82) is 0 Å². The van der Waals surface area contributed by atoms with Gasteiger partial charge in [-0.2, -0.15) is 0 Å². The van der Waals surface area contributed by atoms with Crippen LogP contribution in [0.4, 0.5) is 0 Å². The van der Waals surface area contributed by atoms with Crippen LogP contribution in [0.2, 0.25) is 0 Å². The second kappa shape index (κ2) is 9.73. The van der Waals surface area contributed by atoms with Crippen molar-refractivity contribution in [3.63, 3.8) is 0 Å². The molecule has 3 rings (SSSR count). The maximum absolute atomic E-state index is 12.9. The molecule has 1 aliphatic rings. The van der Waals surface area contributed by atoms with E-state index in [0.717, 1.165) is 5.56 Å². The Morgan fingerprint density at radius 2 is 1.72 bits per heavy atom. The van der Waals surface area contributed by atoms with Crippen LogP contribution < -0.4 is 14.2 Å². The zero-order valence-corrected chi connectivity index (χ0v) is 16.8. The standard InChI is InChI=1S/C22H26O7/c1-25-18-9-15(10-19(26-2)22(18)27-3)16(23)11-20-21(17(24)13-28-20)29-12-14-7-5-4-6-8-14/h4-10,17,20-21,24H,11-13H2,1-3H3/t17-,20+,21-/m1/s1. The molecule has 2 aromatic rings. The molecule has 0 amide bonds. The lowest BCUT2D eigenvalue weighted by molar-refractivity contribution is -0.0459. The van der Waals surface area contributed by atoms with Crippen LogP contribution >= 0.6 is 0 Å². The molecule has 0 radical (unpaired) electrons. The number of aliphatic hydroxyl groups is 1. The Morgan fingerprint density at radius 3 is 2.31 bits per heavy atom. The Labute approximate surface area is 170 Å². The van der Waals surface area contributed by atoms with E-state index >= 15 is 0 Å². The molecule has 0 aliphatic carbocycles. The SMILES string of the molecule is COc1cc(C(=O)C[C@@H]2OC[C@@H](O)[C@H]2OCc2ccccc2)cc(OC)c1OC. The zero-order chi connectivity index (χ0) is 20.8. The van der Waals surface area contributed by atoms with Gasteiger partial charge in [0.1, 0.15) is 12.2 Å². The minimum Gasteiger partial charge on any atom is -0.493 e. The van der Waals surface area contributed by atoms with E-state index in [2.05, 4.69) is 0 Å². The van der Waals surface area contributed by atoms with Gasteiger partial charge in [0.2, 0.25) is 5.75 Å². The van der Waals surface area contributed by atoms with Gasteiger partial charge in [-0.3, -0.25) is 4.79 Å². The Morgan fingerprint density at radius 1 is 1.07 bits per heavy atom. The summed E-state index contributed by atoms with van der Waals surface area (Å²) in [5.41, 5.74) is 1.40. The lowest BCUT2D eigenvalue weighted by Gasteiger charge is -2.21. The van der Waals surface area contributed by atoms with Crippen LogP contribution in [0.1, 0.15) is 22.3 Å². The highest BCUT2D eigenvalue weighted by atomic mass is 16.6. The maximum atomic E-state index is 12.9. The molecule has 7 nitrogen and oxygen atoms in total. The fourth-order valence-electron chi connectivity index (χ4n) is 3.36. The highest BCUT2D eigenvalue weighted by molar-refractivity contribution is 5.97. The molecular formula is C22H26O7. The molecule has 7 heteroatoms. The van der Waals surface area contributed by atoms with Gasteiger partial charge in [0, 0.05) is 12.0 Å². The topological polar surface area (TPSA) is 83.5 Å². The molecule has 2 aromatic carbocycles. The van der Waals surface area contributed by atoms with Crippen molar-refractivity contribution in [3.8, 4) is 17.2 Å². The molecule has 1 N–H and O–H groups in total. The predicted octanol–water partition coefficient (Wildman–Crippen LogP) is 2.63. The number of ketones is 1. The van der Waals surface area contributed by atoms with E-state index in [4.69, 9.17) is 23.7 Å². The first-order valence-electron chi connectivity index (χ1n) is 9.35. The number of hydrogen-bond donors (Lipinski definition) is 1. The number of rotatable bonds is 9. The van der Waals surface area contributed by atoms with E-state index in [1.165, 1.54) is 21.3 Å². The van der Waals surface area contributed by atoms with Crippen molar-refractivity contribution >= 4 is 5.78 Å². The normalized spacial score (nSPS) is 21.0. The van der Waals surface area contributed by atoms with Crippen LogP contribution in [0.25, 0.3) is 0 Å². The molecule has 1 fully saturated rings. The van der Waals surface area contributed by atoms with Crippen LogP contribution in [0.5, 0.6) is 17.2 Å². The molecule has 1 saturated heterocycles. The predicted molar refractivity (Wildman–Crippen MR) is 106 cm³/mol. The van der Waals surface area contributed by atoms with Gasteiger partial charge in [0.05, 0.1) is 40.6 Å². The van der Waals surface area contributed by atoms with E-state index in [0.29, 0.717) is 29.4 Å². The Kier molecular flexibility index (Phi) is 7.09. The first-order chi connectivity index (χ1) is 14.1. The number of carbonyl (C=O) groups excluding carboxylic acids is 1. The Bertz CT molecular complexity index is 796. The van der Waals surface area contributed by atoms with Crippen LogP contribution in [-0.4, -0.2) is 57.1 Å². The van der Waals surface area contributed by atoms with Gasteiger partial charge in [-0.25, -0.2) is 0 Å². The molecule has 0 unspecified atom stereocenters. The van der Waals surface area contributed by atoms with E-state index in [-0.39, 0.29) is 18.8 Å². The third-order valence-corrected chi connectivity index (χ3v) is 4.89. The molecule has 1 aliphatic heterocycles. The van der Waals surface area contributed by atoms with Crippen molar-refractivity contribution < 1.29 is 33.6 Å². The van der Waals surface area contributed by atoms with Crippen molar-refractivity contribution in [3.05, 3.63) is 53.6 Å². The number of methoxy groups -OCH3 is 3. The molecule has 3 atom stereocenters. The lowest BCUT2D eigenvalue weighted by Crippen LogP contribution is -2.34. The highest BCUT2D eigenvalue weighted by Crippen LogP contribution is 2.38. The van der Waals surface area contributed by atoms with Crippen LogP contribution in [0, 0.1) is 0 Å². The summed E-state index contributed by atoms with van der Waals surface area (Å²) in [6, 6.07) is 12.9. The van der Waals surface area contributed by atoms with Crippen LogP contribution in [0.3, 0.4) is 0 Å². The summed E-state index contributed by atoms with van der Waals surface area (Å²) in [4.78, 5) is 12.9. The summed E-state index contributed by atoms with van der Waals surface area (Å²) in [5.74, 6) is 1.05. The molecule has 0 saturated carbocycles. The fraction of sp³-hybridized carbons (Fsp3) is 0.409. The highest BCUT2D eigenvalue weighted by Gasteiger charge is 2.38. The van der Waals surface area contributed by atoms with Crippen LogP contribution in [-0.2, 0) is 16.1 Å². The van der Waals surface area contributed by atoms with Gasteiger partial charge >= 0.3 is 0 Å². The van der Waals surface area contributed by atoms with Gasteiger partial charge in [0.15, 0.2) is 17.3 Å². The van der Waals surface area contributed by atoms with E-state index in [9.17, 15) is 9.90 Å². The van der Waals surface area contributed by atoms with E-state index < -0.39 is 18.3 Å². The van der Waals surface area contributed by atoms with Gasteiger partial charge in [0.25, 0.3) is 0 Å². The average Bonchev–Trinajstić information content (AvgIpc) is 3.10. The Balaban J connectivity index is 1.71. The summed E-state index contributed by atoms with van der Waals surface area (Å²) in [7, 11) is 4.50. The number of carbonyl (C=O) groups is 1. The first kappa shape index (κ1) is 21.1. The molecule has 1 heterocycles. The van der Waals surface area contributed by atoms with Crippen LogP contribution in [0.15, 0.2) is 42.5 Å². The third kappa shape index (κ3) is 4.87. The van der Waals surface area contributed by atoms with Crippen molar-refractivity contribution in [2.45, 2.75) is 31.3 Å². The van der Waals surface area contributed by atoms with Gasteiger partial charge < -0.3 is 28.8 Å². The monoisotopic (exact) mass is 402 g/mol. The summed E-state index contributed by atoms with van der Waals surface area (Å²) in [6.45, 7) is 0.466. The first-order valence-corrected chi connectivity index (χ1v) is 9.35. The minimum absolute atomic E-state index is 0.0646. The van der Waals surface area contributed by atoms with E-state index in [1.807, 2.05) is 30.3 Å². The minimum atomic E-state index is -0.781. The van der Waals surface area contributed by atoms with Gasteiger partial charge in [-0.1, -0.05) is 30.3 Å². The maximum Gasteiger partial charge on any atom is 0.203 e. The second-order valence-corrected chi connectivity index (χ2v) is 6.74. The van der Waals surface area contributed by atoms with Gasteiger partial charge in [-0.15, -0.1) is 0 Å². The lowest BCUT2D eigenvalue weighted by atomic mass is 10.0. The summed E-state index contributed by atoms with van der Waals surface area (Å²) >= 11 is 0. The molecule has 29 heavy (non-hydrogen) atoms. The molecule has 0 bridgehead atoms. The number of hydrogen-bond acceptors (Lipinski definition) is 7. The summed E-state index contributed by atoms with van der Waals surface area (Å²) in [5, 5.41) is 10.2. The third-order valence-electron chi connectivity index (χ3n) is 4.89.